The Morgan fingerprint density at radius 3 is 2.59 bits per heavy atom. The molecule has 2 rings (SSSR count). The van der Waals surface area contributed by atoms with Gasteiger partial charge in [0.05, 0.1) is 11.5 Å². The van der Waals surface area contributed by atoms with Crippen molar-refractivity contribution >= 4 is 5.97 Å². The zero-order valence-corrected chi connectivity index (χ0v) is 10.8. The van der Waals surface area contributed by atoms with Crippen LogP contribution in [0.25, 0.3) is 0 Å². The summed E-state index contributed by atoms with van der Waals surface area (Å²) in [6, 6.07) is 0. The van der Waals surface area contributed by atoms with Crippen molar-refractivity contribution in [2.45, 2.75) is 64.4 Å². The first kappa shape index (κ1) is 12.9. The molecule has 1 heterocycles. The number of rotatable bonds is 4. The standard InChI is InChI=1S/C14H24O3/c1-11-4-7-14(8-5-11,13(15)16)9-6-12-3-2-10-17-12/h11-12H,2-10H2,1H3,(H,15,16). The highest BCUT2D eigenvalue weighted by Gasteiger charge is 2.41. The van der Waals surface area contributed by atoms with Crippen LogP contribution >= 0.6 is 0 Å². The molecule has 3 heteroatoms. The van der Waals surface area contributed by atoms with E-state index in [1.165, 1.54) is 0 Å². The molecule has 0 aromatic heterocycles. The van der Waals surface area contributed by atoms with Gasteiger partial charge in [-0.2, -0.15) is 0 Å². The van der Waals surface area contributed by atoms with Gasteiger partial charge >= 0.3 is 5.97 Å². The van der Waals surface area contributed by atoms with Crippen LogP contribution in [-0.4, -0.2) is 23.8 Å². The van der Waals surface area contributed by atoms with Crippen LogP contribution in [0.2, 0.25) is 0 Å². The predicted octanol–water partition coefficient (Wildman–Crippen LogP) is 3.23. The Morgan fingerprint density at radius 2 is 2.06 bits per heavy atom. The number of ether oxygens (including phenoxy) is 1. The molecular formula is C14H24O3. The largest absolute Gasteiger partial charge is 0.481 e. The molecule has 1 aliphatic heterocycles. The third-order valence-corrected chi connectivity index (χ3v) is 4.65. The number of carbonyl (C=O) groups is 1. The molecule has 2 aliphatic rings. The fraction of sp³-hybridized carbons (Fsp3) is 0.929. The lowest BCUT2D eigenvalue weighted by Gasteiger charge is -2.36. The van der Waals surface area contributed by atoms with Crippen molar-refractivity contribution in [3.63, 3.8) is 0 Å². The Kier molecular flexibility index (Phi) is 4.08. The van der Waals surface area contributed by atoms with Crippen molar-refractivity contribution < 1.29 is 14.6 Å². The van der Waals surface area contributed by atoms with E-state index in [9.17, 15) is 9.90 Å². The Morgan fingerprint density at radius 1 is 1.35 bits per heavy atom. The molecule has 0 radical (unpaired) electrons. The molecule has 1 saturated heterocycles. The molecule has 0 amide bonds. The Hall–Kier alpha value is -0.570. The van der Waals surface area contributed by atoms with Gasteiger partial charge in [0.15, 0.2) is 0 Å². The van der Waals surface area contributed by atoms with E-state index >= 15 is 0 Å². The van der Waals surface area contributed by atoms with E-state index in [4.69, 9.17) is 4.74 Å². The Labute approximate surface area is 104 Å². The van der Waals surface area contributed by atoms with Gasteiger partial charge in [-0.15, -0.1) is 0 Å². The van der Waals surface area contributed by atoms with Crippen LogP contribution in [-0.2, 0) is 9.53 Å². The van der Waals surface area contributed by atoms with Crippen LogP contribution in [0.1, 0.15) is 58.3 Å². The number of aliphatic carboxylic acids is 1. The van der Waals surface area contributed by atoms with E-state index in [1.54, 1.807) is 0 Å². The average molecular weight is 240 g/mol. The summed E-state index contributed by atoms with van der Waals surface area (Å²) in [5.41, 5.74) is -0.446. The summed E-state index contributed by atoms with van der Waals surface area (Å²) in [4.78, 5) is 11.5. The number of carboxylic acids is 1. The van der Waals surface area contributed by atoms with Gasteiger partial charge in [0, 0.05) is 6.61 Å². The third-order valence-electron chi connectivity index (χ3n) is 4.65. The summed E-state index contributed by atoms with van der Waals surface area (Å²) in [7, 11) is 0. The molecule has 1 saturated carbocycles. The van der Waals surface area contributed by atoms with Crippen molar-refractivity contribution in [2.75, 3.05) is 6.61 Å². The minimum atomic E-state index is -0.581. The number of hydrogen-bond acceptors (Lipinski definition) is 2. The van der Waals surface area contributed by atoms with Gasteiger partial charge in [-0.05, 0) is 57.3 Å². The second kappa shape index (κ2) is 5.38. The van der Waals surface area contributed by atoms with Gasteiger partial charge in [-0.3, -0.25) is 4.79 Å². The molecule has 3 nitrogen and oxygen atoms in total. The molecule has 1 aliphatic carbocycles. The molecule has 1 N–H and O–H groups in total. The topological polar surface area (TPSA) is 46.5 Å². The molecule has 0 aromatic carbocycles. The highest BCUT2D eigenvalue weighted by atomic mass is 16.5. The normalized spacial score (nSPS) is 38.2. The van der Waals surface area contributed by atoms with E-state index < -0.39 is 11.4 Å². The van der Waals surface area contributed by atoms with Crippen molar-refractivity contribution in [2.24, 2.45) is 11.3 Å². The van der Waals surface area contributed by atoms with Gasteiger partial charge < -0.3 is 9.84 Å². The van der Waals surface area contributed by atoms with Crippen LogP contribution in [0.15, 0.2) is 0 Å². The molecule has 98 valence electrons. The van der Waals surface area contributed by atoms with Crippen molar-refractivity contribution in [1.82, 2.24) is 0 Å². The van der Waals surface area contributed by atoms with Crippen molar-refractivity contribution in [3.8, 4) is 0 Å². The first-order chi connectivity index (χ1) is 8.12. The van der Waals surface area contributed by atoms with Crippen molar-refractivity contribution in [1.29, 1.82) is 0 Å². The first-order valence-corrected chi connectivity index (χ1v) is 6.97. The molecule has 17 heavy (non-hydrogen) atoms. The van der Waals surface area contributed by atoms with E-state index in [0.717, 1.165) is 58.0 Å². The maximum atomic E-state index is 11.5. The van der Waals surface area contributed by atoms with E-state index in [1.807, 2.05) is 0 Å². The zero-order chi connectivity index (χ0) is 12.3. The Balaban J connectivity index is 1.89. The van der Waals surface area contributed by atoms with Gasteiger partial charge in [-0.25, -0.2) is 0 Å². The van der Waals surface area contributed by atoms with Gasteiger partial charge in [0.2, 0.25) is 0 Å². The lowest BCUT2D eigenvalue weighted by atomic mass is 9.68. The average Bonchev–Trinajstić information content (AvgIpc) is 2.81. The summed E-state index contributed by atoms with van der Waals surface area (Å²) in [5.74, 6) is 0.118. The minimum Gasteiger partial charge on any atom is -0.481 e. The van der Waals surface area contributed by atoms with Crippen LogP contribution in [0.5, 0.6) is 0 Å². The third kappa shape index (κ3) is 3.01. The van der Waals surface area contributed by atoms with E-state index in [-0.39, 0.29) is 0 Å². The number of carboxylic acid groups (broad SMARTS) is 1. The maximum absolute atomic E-state index is 11.5. The highest BCUT2D eigenvalue weighted by molar-refractivity contribution is 5.74. The summed E-state index contributed by atoms with van der Waals surface area (Å²) in [6.07, 6.45) is 8.17. The maximum Gasteiger partial charge on any atom is 0.309 e. The lowest BCUT2D eigenvalue weighted by molar-refractivity contribution is -0.152. The van der Waals surface area contributed by atoms with Crippen molar-refractivity contribution in [3.05, 3.63) is 0 Å². The lowest BCUT2D eigenvalue weighted by Crippen LogP contribution is -2.35. The van der Waals surface area contributed by atoms with Crippen LogP contribution in [0, 0.1) is 11.3 Å². The molecule has 0 bridgehead atoms. The summed E-state index contributed by atoms with van der Waals surface area (Å²) in [6.45, 7) is 3.09. The summed E-state index contributed by atoms with van der Waals surface area (Å²) >= 11 is 0. The highest BCUT2D eigenvalue weighted by Crippen LogP contribution is 2.43. The fourth-order valence-corrected chi connectivity index (χ4v) is 3.19. The van der Waals surface area contributed by atoms with Gasteiger partial charge in [-0.1, -0.05) is 6.92 Å². The van der Waals surface area contributed by atoms with E-state index in [2.05, 4.69) is 6.92 Å². The SMILES string of the molecule is CC1CCC(CCC2CCCO2)(C(=O)O)CC1. The van der Waals surface area contributed by atoms with Crippen LogP contribution in [0.4, 0.5) is 0 Å². The quantitative estimate of drug-likeness (QED) is 0.820. The van der Waals surface area contributed by atoms with Crippen LogP contribution < -0.4 is 0 Å². The van der Waals surface area contributed by atoms with Gasteiger partial charge in [0.1, 0.15) is 0 Å². The second-order valence-electron chi connectivity index (χ2n) is 5.94. The molecule has 0 spiro atoms. The predicted molar refractivity (Wildman–Crippen MR) is 65.9 cm³/mol. The molecule has 1 atom stereocenters. The summed E-state index contributed by atoms with van der Waals surface area (Å²) in [5, 5.41) is 9.51. The first-order valence-electron chi connectivity index (χ1n) is 6.97. The fourth-order valence-electron chi connectivity index (χ4n) is 3.19. The van der Waals surface area contributed by atoms with Gasteiger partial charge in [0.25, 0.3) is 0 Å². The molecule has 0 aromatic rings. The smallest absolute Gasteiger partial charge is 0.309 e. The molecule has 2 fully saturated rings. The monoisotopic (exact) mass is 240 g/mol. The number of hydrogen-bond donors (Lipinski definition) is 1. The van der Waals surface area contributed by atoms with Crippen LogP contribution in [0.3, 0.4) is 0 Å². The summed E-state index contributed by atoms with van der Waals surface area (Å²) < 4.78 is 5.60. The van der Waals surface area contributed by atoms with E-state index in [0.29, 0.717) is 12.0 Å². The second-order valence-corrected chi connectivity index (χ2v) is 5.94. The molecule has 1 unspecified atom stereocenters. The molecular weight excluding hydrogens is 216 g/mol. The Bertz CT molecular complexity index is 261. The minimum absolute atomic E-state index is 0.325. The zero-order valence-electron chi connectivity index (χ0n) is 10.8.